The lowest BCUT2D eigenvalue weighted by Gasteiger charge is -2.24. The molecule has 0 aliphatic heterocycles. The molecule has 1 aliphatic rings. The number of rotatable bonds is 4. The van der Waals surface area contributed by atoms with E-state index in [0.717, 1.165) is 16.8 Å². The first kappa shape index (κ1) is 10.8. The Morgan fingerprint density at radius 1 is 1.41 bits per heavy atom. The molecule has 3 nitrogen and oxygen atoms in total. The van der Waals surface area contributed by atoms with Gasteiger partial charge >= 0.3 is 0 Å². The van der Waals surface area contributed by atoms with Crippen LogP contribution in [0, 0.1) is 0 Å². The molecular weight excluding hydrogens is 280 g/mol. The number of hydrogen-bond acceptors (Lipinski definition) is 3. The van der Waals surface area contributed by atoms with E-state index in [1.54, 1.807) is 6.26 Å². The van der Waals surface area contributed by atoms with Gasteiger partial charge in [-0.3, -0.25) is 4.98 Å². The third kappa shape index (κ3) is 2.36. The number of halogens is 1. The molecule has 0 amide bonds. The zero-order chi connectivity index (χ0) is 11.7. The lowest BCUT2D eigenvalue weighted by Crippen LogP contribution is -2.25. The van der Waals surface area contributed by atoms with E-state index < -0.39 is 0 Å². The molecule has 0 atom stereocenters. The quantitative estimate of drug-likeness (QED) is 0.862. The van der Waals surface area contributed by atoms with Crippen LogP contribution in [-0.2, 0) is 6.54 Å². The molecular formula is C13H13BrN2O. The fourth-order valence-electron chi connectivity index (χ4n) is 1.97. The summed E-state index contributed by atoms with van der Waals surface area (Å²) >= 11 is 3.56. The third-order valence-corrected chi connectivity index (χ3v) is 3.57. The molecule has 1 fully saturated rings. The van der Waals surface area contributed by atoms with Crippen molar-refractivity contribution in [2.45, 2.75) is 25.4 Å². The molecule has 4 heteroatoms. The van der Waals surface area contributed by atoms with Crippen molar-refractivity contribution in [1.82, 2.24) is 4.98 Å². The van der Waals surface area contributed by atoms with Gasteiger partial charge < -0.3 is 9.32 Å². The van der Waals surface area contributed by atoms with Gasteiger partial charge in [-0.1, -0.05) is 0 Å². The first-order valence-electron chi connectivity index (χ1n) is 5.73. The SMILES string of the molecule is Brc1cnccc1N(Cc1ccco1)C1CC1. The molecule has 0 N–H and O–H groups in total. The second kappa shape index (κ2) is 4.53. The maximum Gasteiger partial charge on any atom is 0.123 e. The van der Waals surface area contributed by atoms with Gasteiger partial charge in [0.05, 0.1) is 23.0 Å². The molecule has 2 aromatic rings. The summed E-state index contributed by atoms with van der Waals surface area (Å²) in [6.45, 7) is 0.820. The Hall–Kier alpha value is -1.29. The molecule has 17 heavy (non-hydrogen) atoms. The van der Waals surface area contributed by atoms with E-state index in [4.69, 9.17) is 4.42 Å². The number of anilines is 1. The van der Waals surface area contributed by atoms with Gasteiger partial charge in [-0.2, -0.15) is 0 Å². The topological polar surface area (TPSA) is 29.3 Å². The van der Waals surface area contributed by atoms with Gasteiger partial charge in [0.25, 0.3) is 0 Å². The third-order valence-electron chi connectivity index (χ3n) is 2.95. The summed E-state index contributed by atoms with van der Waals surface area (Å²) in [4.78, 5) is 6.49. The molecule has 1 saturated carbocycles. The maximum absolute atomic E-state index is 5.43. The van der Waals surface area contributed by atoms with Crippen LogP contribution in [0.1, 0.15) is 18.6 Å². The standard InChI is InChI=1S/C13H13BrN2O/c14-12-8-15-6-5-13(12)16(10-3-4-10)9-11-2-1-7-17-11/h1-2,5-8,10H,3-4,9H2. The first-order chi connectivity index (χ1) is 8.34. The van der Waals surface area contributed by atoms with Crippen LogP contribution in [0.25, 0.3) is 0 Å². The predicted octanol–water partition coefficient (Wildman–Crippen LogP) is 3.61. The van der Waals surface area contributed by atoms with Gasteiger partial charge in [-0.05, 0) is 47.0 Å². The zero-order valence-corrected chi connectivity index (χ0v) is 10.9. The molecule has 0 unspecified atom stereocenters. The van der Waals surface area contributed by atoms with Crippen LogP contribution in [0.5, 0.6) is 0 Å². The van der Waals surface area contributed by atoms with E-state index in [1.807, 2.05) is 30.6 Å². The monoisotopic (exact) mass is 292 g/mol. The molecule has 2 heterocycles. The number of aromatic nitrogens is 1. The van der Waals surface area contributed by atoms with Crippen LogP contribution >= 0.6 is 15.9 Å². The highest BCUT2D eigenvalue weighted by atomic mass is 79.9. The predicted molar refractivity (Wildman–Crippen MR) is 69.9 cm³/mol. The Balaban J connectivity index is 1.88. The van der Waals surface area contributed by atoms with Crippen molar-refractivity contribution in [3.8, 4) is 0 Å². The van der Waals surface area contributed by atoms with Crippen LogP contribution in [0.3, 0.4) is 0 Å². The maximum atomic E-state index is 5.43. The first-order valence-corrected chi connectivity index (χ1v) is 6.52. The van der Waals surface area contributed by atoms with E-state index >= 15 is 0 Å². The van der Waals surface area contributed by atoms with E-state index in [-0.39, 0.29) is 0 Å². The zero-order valence-electron chi connectivity index (χ0n) is 9.34. The van der Waals surface area contributed by atoms with Crippen molar-refractivity contribution < 1.29 is 4.42 Å². The summed E-state index contributed by atoms with van der Waals surface area (Å²) in [7, 11) is 0. The number of nitrogens with zero attached hydrogens (tertiary/aromatic N) is 2. The number of pyridine rings is 1. The highest BCUT2D eigenvalue weighted by Crippen LogP contribution is 2.36. The van der Waals surface area contributed by atoms with Crippen molar-refractivity contribution in [2.24, 2.45) is 0 Å². The van der Waals surface area contributed by atoms with Crippen molar-refractivity contribution in [3.05, 3.63) is 47.1 Å². The normalized spacial score (nSPS) is 14.9. The van der Waals surface area contributed by atoms with Gasteiger partial charge in [0, 0.05) is 18.4 Å². The fourth-order valence-corrected chi connectivity index (χ4v) is 2.45. The Labute approximate surface area is 109 Å². The number of furan rings is 1. The minimum absolute atomic E-state index is 0.638. The largest absolute Gasteiger partial charge is 0.467 e. The second-order valence-electron chi connectivity index (χ2n) is 4.27. The summed E-state index contributed by atoms with van der Waals surface area (Å²) < 4.78 is 6.47. The molecule has 2 aromatic heterocycles. The van der Waals surface area contributed by atoms with E-state index in [0.29, 0.717) is 6.04 Å². The molecule has 1 aliphatic carbocycles. The van der Waals surface area contributed by atoms with Gasteiger partial charge in [0.2, 0.25) is 0 Å². The molecule has 0 saturated heterocycles. The Morgan fingerprint density at radius 2 is 2.29 bits per heavy atom. The molecule has 0 aromatic carbocycles. The summed E-state index contributed by atoms with van der Waals surface area (Å²) in [6.07, 6.45) is 7.91. The summed E-state index contributed by atoms with van der Waals surface area (Å²) in [5.41, 5.74) is 1.19. The van der Waals surface area contributed by atoms with Crippen molar-refractivity contribution in [3.63, 3.8) is 0 Å². The molecule has 0 radical (unpaired) electrons. The molecule has 88 valence electrons. The Kier molecular flexibility index (Phi) is 2.89. The van der Waals surface area contributed by atoms with Crippen LogP contribution in [0.4, 0.5) is 5.69 Å². The van der Waals surface area contributed by atoms with Gasteiger partial charge in [-0.15, -0.1) is 0 Å². The molecule has 0 bridgehead atoms. The van der Waals surface area contributed by atoms with E-state index in [9.17, 15) is 0 Å². The summed E-state index contributed by atoms with van der Waals surface area (Å²) in [5, 5.41) is 0. The Morgan fingerprint density at radius 3 is 2.94 bits per heavy atom. The van der Waals surface area contributed by atoms with Crippen LogP contribution in [0.15, 0.2) is 45.7 Å². The van der Waals surface area contributed by atoms with E-state index in [1.165, 1.54) is 18.5 Å². The lowest BCUT2D eigenvalue weighted by atomic mass is 10.3. The average Bonchev–Trinajstić information content (AvgIpc) is 3.05. The van der Waals surface area contributed by atoms with Gasteiger partial charge in [0.15, 0.2) is 0 Å². The molecule has 3 rings (SSSR count). The minimum Gasteiger partial charge on any atom is -0.467 e. The van der Waals surface area contributed by atoms with Crippen LogP contribution in [-0.4, -0.2) is 11.0 Å². The Bertz CT molecular complexity index is 494. The van der Waals surface area contributed by atoms with Crippen molar-refractivity contribution in [2.75, 3.05) is 4.90 Å². The lowest BCUT2D eigenvalue weighted by molar-refractivity contribution is 0.501. The fraction of sp³-hybridized carbons (Fsp3) is 0.308. The van der Waals surface area contributed by atoms with Crippen LogP contribution in [0.2, 0.25) is 0 Å². The highest BCUT2D eigenvalue weighted by Gasteiger charge is 2.30. The van der Waals surface area contributed by atoms with Crippen LogP contribution < -0.4 is 4.90 Å². The van der Waals surface area contributed by atoms with Crippen molar-refractivity contribution in [1.29, 1.82) is 0 Å². The number of hydrogen-bond donors (Lipinski definition) is 0. The van der Waals surface area contributed by atoms with Gasteiger partial charge in [0.1, 0.15) is 5.76 Å². The highest BCUT2D eigenvalue weighted by molar-refractivity contribution is 9.10. The molecule has 0 spiro atoms. The second-order valence-corrected chi connectivity index (χ2v) is 5.12. The summed E-state index contributed by atoms with van der Waals surface area (Å²) in [5.74, 6) is 1.00. The van der Waals surface area contributed by atoms with Crippen molar-refractivity contribution >= 4 is 21.6 Å². The smallest absolute Gasteiger partial charge is 0.123 e. The summed E-state index contributed by atoms with van der Waals surface area (Å²) in [6, 6.07) is 6.64. The van der Waals surface area contributed by atoms with Gasteiger partial charge in [-0.25, -0.2) is 0 Å². The van der Waals surface area contributed by atoms with E-state index in [2.05, 4.69) is 25.8 Å². The average molecular weight is 293 g/mol. The minimum atomic E-state index is 0.638.